The van der Waals surface area contributed by atoms with Crippen LogP contribution in [0.25, 0.3) is 0 Å². The number of carbonyl (C=O) groups excluding carboxylic acids is 2. The first-order valence-corrected chi connectivity index (χ1v) is 28.5. The fourth-order valence-corrected chi connectivity index (χ4v) is 21.3. The molecule has 3 N–H and O–H groups in total. The zero-order chi connectivity index (χ0) is 45.5. The van der Waals surface area contributed by atoms with Crippen LogP contribution in [0.5, 0.6) is 0 Å². The number of benzene rings is 1. The van der Waals surface area contributed by atoms with Crippen molar-refractivity contribution >= 4 is 11.9 Å². The molecule has 8 heteroatoms. The van der Waals surface area contributed by atoms with E-state index in [0.717, 1.165) is 56.4 Å². The highest BCUT2D eigenvalue weighted by Crippen LogP contribution is 2.88. The molecular formula is C60H77N3O5. The maximum absolute atomic E-state index is 16.4. The lowest BCUT2D eigenvalue weighted by Crippen LogP contribution is -2.78. The summed E-state index contributed by atoms with van der Waals surface area (Å²) in [6.45, 7) is 6.45. The normalized spacial score (nSPS) is 47.3. The van der Waals surface area contributed by atoms with E-state index in [4.69, 9.17) is 15.2 Å². The zero-order valence-electron chi connectivity index (χ0n) is 41.0. The molecule has 1 unspecified atom stereocenters. The van der Waals surface area contributed by atoms with Crippen molar-refractivity contribution in [3.05, 3.63) is 81.0 Å². The maximum Gasteiger partial charge on any atom is 0.339 e. The van der Waals surface area contributed by atoms with Gasteiger partial charge in [-0.2, -0.15) is 0 Å². The highest BCUT2D eigenvalue weighted by Gasteiger charge is 2.94. The number of fused-ring (bicyclic) bond motifs is 3. The monoisotopic (exact) mass is 920 g/mol. The lowest BCUT2D eigenvalue weighted by molar-refractivity contribution is -0.282. The average molecular weight is 920 g/mol. The summed E-state index contributed by atoms with van der Waals surface area (Å²) >= 11 is 0. The predicted molar refractivity (Wildman–Crippen MR) is 261 cm³/mol. The van der Waals surface area contributed by atoms with E-state index in [1.807, 2.05) is 0 Å². The second-order valence-corrected chi connectivity index (χ2v) is 26.1. The minimum absolute atomic E-state index is 0.111. The van der Waals surface area contributed by atoms with Gasteiger partial charge in [-0.05, 0) is 180 Å². The SMILES string of the molecule is C[C@H]1CC2=C3[C@H]4C5=C6[C@@H](/C=C\[C@@H](C7CCCCC7)C[C@H]7[C@]68C(=O)O/C(=C(/O)C[C@@H]([C@@H]6CCC9(CCCC9)C6)N6C[C@H]9C[C@@H](C6)[C@H](CC2)N3C9)[C@@]8(CC5)[C@]72OC(=O)c3c(CCCN)cccc32)C[C@@H]41. The van der Waals surface area contributed by atoms with E-state index in [0.29, 0.717) is 90.0 Å². The number of aryl methyl sites for hydroxylation is 1. The van der Waals surface area contributed by atoms with Crippen LogP contribution in [-0.4, -0.2) is 65.1 Å². The van der Waals surface area contributed by atoms with Crippen LogP contribution >= 0.6 is 0 Å². The number of carbonyl (C=O) groups is 2. The Hall–Kier alpha value is -3.36. The van der Waals surface area contributed by atoms with Crippen molar-refractivity contribution in [2.45, 2.75) is 172 Å². The molecule has 4 saturated carbocycles. The quantitative estimate of drug-likeness (QED) is 0.222. The Morgan fingerprint density at radius 1 is 0.853 bits per heavy atom. The molecule has 8 nitrogen and oxygen atoms in total. The summed E-state index contributed by atoms with van der Waals surface area (Å²) in [5.41, 5.74) is 12.4. The Bertz CT molecular complexity index is 2490. The van der Waals surface area contributed by atoms with Crippen molar-refractivity contribution < 1.29 is 24.2 Å². The lowest BCUT2D eigenvalue weighted by atomic mass is 9.27. The standard InChI is InChI=1S/C60H77N3O5/c1-34-25-40-16-17-46-42-26-35-31-62(33-42)47(41-18-22-57(30-41)20-5-6-21-57)29-48(64)54-58-23-19-43-51(53(40)63(46)32-35)44(34)27-39-15-14-38(36-9-3-2-4-10-36)28-49(59(58,52(39)43)56(66)67-54)60(58)45-13-7-11-37(12-8-24-61)50(45)55(65)68-60/h7,11,13-15,34-36,38-39,41-42,44,46-47,49,51,64H,2-6,8-10,12,16-33,61H2,1H3/b15-14-,54-48+/t34-,35+,38+,39-,41+,42-,44+,46-,47-,49-,51-,58+,59+,60+/m0/s1. The summed E-state index contributed by atoms with van der Waals surface area (Å²) in [6, 6.07) is 7.18. The topological polar surface area (TPSA) is 105 Å². The van der Waals surface area contributed by atoms with Crippen molar-refractivity contribution in [2.75, 3.05) is 26.2 Å². The van der Waals surface area contributed by atoms with Crippen molar-refractivity contribution in [1.29, 1.82) is 0 Å². The third-order valence-electron chi connectivity index (χ3n) is 23.6. The van der Waals surface area contributed by atoms with Crippen LogP contribution in [0.15, 0.2) is 64.3 Å². The van der Waals surface area contributed by atoms with E-state index in [2.05, 4.69) is 47.1 Å². The Morgan fingerprint density at radius 3 is 2.57 bits per heavy atom. The minimum atomic E-state index is -1.13. The Labute approximate surface area is 405 Å². The molecule has 1 aromatic carbocycles. The smallest absolute Gasteiger partial charge is 0.339 e. The summed E-state index contributed by atoms with van der Waals surface area (Å²) in [5.74, 6) is 4.13. The van der Waals surface area contributed by atoms with E-state index in [9.17, 15) is 5.11 Å². The molecule has 0 amide bonds. The van der Waals surface area contributed by atoms with Gasteiger partial charge in [0.2, 0.25) is 0 Å². The Balaban J connectivity index is 1.00. The summed E-state index contributed by atoms with van der Waals surface area (Å²) < 4.78 is 14.6. The van der Waals surface area contributed by atoms with Crippen LogP contribution in [0, 0.1) is 75.4 Å². The number of nitrogens with zero attached hydrogens (tertiary/aromatic N) is 2. The number of rotatable bonds is 5. The highest BCUT2D eigenvalue weighted by atomic mass is 16.6. The van der Waals surface area contributed by atoms with Crippen LogP contribution in [0.3, 0.4) is 0 Å². The number of piperidine rings is 2. The van der Waals surface area contributed by atoms with Crippen LogP contribution in [0.1, 0.15) is 170 Å². The van der Waals surface area contributed by atoms with E-state index in [1.54, 1.807) is 16.8 Å². The molecule has 9 aliphatic heterocycles. The second-order valence-electron chi connectivity index (χ2n) is 26.1. The van der Waals surface area contributed by atoms with Gasteiger partial charge in [0.05, 0.1) is 11.0 Å². The zero-order valence-corrected chi connectivity index (χ0v) is 41.0. The van der Waals surface area contributed by atoms with Crippen LogP contribution < -0.4 is 5.73 Å². The Morgan fingerprint density at radius 2 is 1.72 bits per heavy atom. The molecule has 15 atom stereocenters. The molecule has 68 heavy (non-hydrogen) atoms. The number of ether oxygens (including phenoxy) is 2. The van der Waals surface area contributed by atoms with E-state index < -0.39 is 16.4 Å². The number of hydrogen-bond donors (Lipinski definition) is 2. The summed E-state index contributed by atoms with van der Waals surface area (Å²) in [4.78, 5) is 37.5. The van der Waals surface area contributed by atoms with Crippen LogP contribution in [0.4, 0.5) is 0 Å². The molecule has 18 rings (SSSR count). The molecule has 362 valence electrons. The van der Waals surface area contributed by atoms with Gasteiger partial charge < -0.3 is 25.2 Å². The number of esters is 2. The van der Waals surface area contributed by atoms with Gasteiger partial charge in [0, 0.05) is 61.2 Å². The van der Waals surface area contributed by atoms with E-state index in [-0.39, 0.29) is 41.5 Å². The van der Waals surface area contributed by atoms with Gasteiger partial charge in [-0.3, -0.25) is 9.69 Å². The minimum Gasteiger partial charge on any atom is -0.509 e. The third kappa shape index (κ3) is 5.21. The van der Waals surface area contributed by atoms with Gasteiger partial charge in [0.1, 0.15) is 11.2 Å². The fraction of sp³-hybridized carbons (Fsp3) is 0.733. The van der Waals surface area contributed by atoms with Gasteiger partial charge in [-0.1, -0.05) is 80.5 Å². The molecule has 3 saturated heterocycles. The van der Waals surface area contributed by atoms with Crippen molar-refractivity contribution in [2.24, 2.45) is 81.2 Å². The molecule has 4 spiro atoms. The molecule has 1 aromatic rings. The molecule has 7 fully saturated rings. The summed E-state index contributed by atoms with van der Waals surface area (Å²) in [5, 5.41) is 13.6. The van der Waals surface area contributed by atoms with Crippen molar-refractivity contribution in [1.82, 2.24) is 9.80 Å². The first-order valence-electron chi connectivity index (χ1n) is 28.5. The van der Waals surface area contributed by atoms with Gasteiger partial charge in [-0.25, -0.2) is 4.79 Å². The van der Waals surface area contributed by atoms with Crippen molar-refractivity contribution in [3.8, 4) is 0 Å². The number of aliphatic hydroxyl groups excluding tert-OH is 1. The summed E-state index contributed by atoms with van der Waals surface area (Å²) in [6.07, 6.45) is 31.0. The highest BCUT2D eigenvalue weighted by molar-refractivity contribution is 6.00. The van der Waals surface area contributed by atoms with Gasteiger partial charge in [0.15, 0.2) is 11.4 Å². The fourth-order valence-electron chi connectivity index (χ4n) is 21.3. The first kappa shape index (κ1) is 42.3. The third-order valence-corrected chi connectivity index (χ3v) is 23.6. The lowest BCUT2D eigenvalue weighted by Gasteiger charge is -2.73. The molecule has 8 aliphatic carbocycles. The van der Waals surface area contributed by atoms with E-state index in [1.165, 1.54) is 108 Å². The molecule has 12 bridgehead atoms. The number of nitrogens with two attached hydrogens (primary N) is 1. The predicted octanol–water partition coefficient (Wildman–Crippen LogP) is 11.2. The van der Waals surface area contributed by atoms with Crippen molar-refractivity contribution in [3.63, 3.8) is 0 Å². The average Bonchev–Trinajstić information content (AvgIpc) is 4.12. The molecule has 0 aromatic heterocycles. The maximum atomic E-state index is 16.4. The second kappa shape index (κ2) is 14.9. The van der Waals surface area contributed by atoms with Gasteiger partial charge >= 0.3 is 11.9 Å². The summed E-state index contributed by atoms with van der Waals surface area (Å²) in [7, 11) is 0. The molecule has 0 radical (unpaired) electrons. The number of allylic oxidation sites excluding steroid dienone is 4. The van der Waals surface area contributed by atoms with Crippen LogP contribution in [-0.2, 0) is 26.3 Å². The first-order chi connectivity index (χ1) is 33.2. The van der Waals surface area contributed by atoms with E-state index >= 15 is 9.59 Å². The van der Waals surface area contributed by atoms with Gasteiger partial charge in [0.25, 0.3) is 0 Å². The number of aliphatic hydroxyl groups is 1. The van der Waals surface area contributed by atoms with Gasteiger partial charge in [-0.15, -0.1) is 0 Å². The van der Waals surface area contributed by atoms with Crippen LogP contribution in [0.2, 0.25) is 0 Å². The largest absolute Gasteiger partial charge is 0.509 e. The molecular weight excluding hydrogens is 843 g/mol. The molecule has 17 aliphatic rings. The Kier molecular flexibility index (Phi) is 9.25. The molecule has 9 heterocycles. The number of hydrogen-bond acceptors (Lipinski definition) is 8.